The van der Waals surface area contributed by atoms with E-state index in [0.29, 0.717) is 24.1 Å². The number of nitrogens with zero attached hydrogens (tertiary/aromatic N) is 3. The van der Waals surface area contributed by atoms with E-state index in [4.69, 9.17) is 10.5 Å². The molecule has 0 aromatic carbocycles. The van der Waals surface area contributed by atoms with Gasteiger partial charge in [-0.2, -0.15) is 0 Å². The summed E-state index contributed by atoms with van der Waals surface area (Å²) >= 11 is 1.66. The molecular weight excluding hydrogens is 262 g/mol. The van der Waals surface area contributed by atoms with Gasteiger partial charge in [0.2, 0.25) is 0 Å². The van der Waals surface area contributed by atoms with Gasteiger partial charge >= 0.3 is 0 Å². The smallest absolute Gasteiger partial charge is 0.158 e. The average Bonchev–Trinajstić information content (AvgIpc) is 2.75. The molecule has 2 aromatic rings. The van der Waals surface area contributed by atoms with E-state index in [1.807, 2.05) is 6.92 Å². The number of hydrogen-bond acceptors (Lipinski definition) is 7. The molecule has 0 radical (unpaired) electrons. The highest BCUT2D eigenvalue weighted by atomic mass is 32.1. The Morgan fingerprint density at radius 1 is 1.37 bits per heavy atom. The van der Waals surface area contributed by atoms with Gasteiger partial charge in [0.15, 0.2) is 5.82 Å². The van der Waals surface area contributed by atoms with Crippen molar-refractivity contribution in [2.75, 3.05) is 24.7 Å². The molecule has 0 unspecified atom stereocenters. The Labute approximate surface area is 116 Å². The monoisotopic (exact) mass is 279 g/mol. The van der Waals surface area contributed by atoms with Crippen molar-refractivity contribution in [3.63, 3.8) is 0 Å². The van der Waals surface area contributed by atoms with E-state index in [0.717, 1.165) is 23.7 Å². The Hall–Kier alpha value is -1.73. The summed E-state index contributed by atoms with van der Waals surface area (Å²) in [6.07, 6.45) is 0.855. The van der Waals surface area contributed by atoms with E-state index in [1.165, 1.54) is 0 Å². The molecule has 0 spiro atoms. The molecule has 2 rings (SSSR count). The van der Waals surface area contributed by atoms with Crippen LogP contribution in [0.5, 0.6) is 0 Å². The highest BCUT2D eigenvalue weighted by molar-refractivity contribution is 7.09. The third kappa shape index (κ3) is 4.15. The van der Waals surface area contributed by atoms with Crippen molar-refractivity contribution < 1.29 is 4.74 Å². The highest BCUT2D eigenvalue weighted by Crippen LogP contribution is 2.11. The van der Waals surface area contributed by atoms with Crippen molar-refractivity contribution in [3.05, 3.63) is 28.0 Å². The molecule has 0 atom stereocenters. The second kappa shape index (κ2) is 6.44. The molecule has 2 aromatic heterocycles. The maximum atomic E-state index is 5.72. The summed E-state index contributed by atoms with van der Waals surface area (Å²) in [6, 6.07) is 1.71. The summed E-state index contributed by atoms with van der Waals surface area (Å²) in [6.45, 7) is 3.11. The van der Waals surface area contributed by atoms with Crippen LogP contribution in [0, 0.1) is 6.92 Å². The first kappa shape index (κ1) is 13.7. The molecule has 3 N–H and O–H groups in total. The molecular formula is C12H17N5OS. The van der Waals surface area contributed by atoms with Gasteiger partial charge in [0.25, 0.3) is 0 Å². The largest absolute Gasteiger partial charge is 0.384 e. The fraction of sp³-hybridized carbons (Fsp3) is 0.417. The fourth-order valence-electron chi connectivity index (χ4n) is 1.64. The Kier molecular flexibility index (Phi) is 4.64. The molecule has 0 aliphatic carbocycles. The molecule has 0 aliphatic heterocycles. The van der Waals surface area contributed by atoms with Crippen molar-refractivity contribution in [1.82, 2.24) is 15.0 Å². The van der Waals surface area contributed by atoms with E-state index in [-0.39, 0.29) is 0 Å². The van der Waals surface area contributed by atoms with Crippen LogP contribution in [0.2, 0.25) is 0 Å². The number of aryl methyl sites for hydroxylation is 1. The van der Waals surface area contributed by atoms with Crippen LogP contribution in [0.3, 0.4) is 0 Å². The van der Waals surface area contributed by atoms with Gasteiger partial charge in [-0.05, 0) is 6.92 Å². The van der Waals surface area contributed by atoms with Gasteiger partial charge in [-0.3, -0.25) is 0 Å². The van der Waals surface area contributed by atoms with Crippen LogP contribution in [0.15, 0.2) is 11.4 Å². The standard InChI is InChI=1S/C12H17N5OS/c1-8-15-9(7-19-8)3-4-14-11-5-10(13)16-12(17-11)6-18-2/h5,7H,3-4,6H2,1-2H3,(H3,13,14,16,17). The Morgan fingerprint density at radius 2 is 2.21 bits per heavy atom. The molecule has 0 aliphatic rings. The molecule has 0 saturated carbocycles. The quantitative estimate of drug-likeness (QED) is 0.835. The molecule has 0 fully saturated rings. The Morgan fingerprint density at radius 3 is 2.89 bits per heavy atom. The SMILES string of the molecule is COCc1nc(N)cc(NCCc2csc(C)n2)n1. The lowest BCUT2D eigenvalue weighted by molar-refractivity contribution is 0.178. The highest BCUT2D eigenvalue weighted by Gasteiger charge is 2.03. The predicted octanol–water partition coefficient (Wildman–Crippen LogP) is 1.62. The molecule has 6 nitrogen and oxygen atoms in total. The van der Waals surface area contributed by atoms with Crippen LogP contribution < -0.4 is 11.1 Å². The van der Waals surface area contributed by atoms with Gasteiger partial charge in [0, 0.05) is 31.5 Å². The van der Waals surface area contributed by atoms with E-state index in [9.17, 15) is 0 Å². The van der Waals surface area contributed by atoms with Crippen LogP contribution in [0.4, 0.5) is 11.6 Å². The minimum Gasteiger partial charge on any atom is -0.384 e. The van der Waals surface area contributed by atoms with Crippen molar-refractivity contribution in [3.8, 4) is 0 Å². The minimum absolute atomic E-state index is 0.352. The first-order chi connectivity index (χ1) is 9.17. The number of nitrogens with two attached hydrogens (primary N) is 1. The number of rotatable bonds is 6. The maximum Gasteiger partial charge on any atom is 0.158 e. The van der Waals surface area contributed by atoms with Crippen molar-refractivity contribution in [2.24, 2.45) is 0 Å². The predicted molar refractivity (Wildman–Crippen MR) is 76.2 cm³/mol. The molecule has 7 heteroatoms. The van der Waals surface area contributed by atoms with Crippen LogP contribution in [0.1, 0.15) is 16.5 Å². The fourth-order valence-corrected chi connectivity index (χ4v) is 2.29. The second-order valence-electron chi connectivity index (χ2n) is 4.06. The lowest BCUT2D eigenvalue weighted by Crippen LogP contribution is -2.10. The number of anilines is 2. The zero-order chi connectivity index (χ0) is 13.7. The van der Waals surface area contributed by atoms with Gasteiger partial charge in [-0.1, -0.05) is 0 Å². The third-order valence-electron chi connectivity index (χ3n) is 2.42. The minimum atomic E-state index is 0.352. The molecule has 19 heavy (non-hydrogen) atoms. The third-order valence-corrected chi connectivity index (χ3v) is 3.24. The number of nitrogens with one attached hydrogen (secondary N) is 1. The summed E-state index contributed by atoms with van der Waals surface area (Å²) in [5.74, 6) is 1.73. The normalized spacial score (nSPS) is 10.6. The van der Waals surface area contributed by atoms with Crippen molar-refractivity contribution in [2.45, 2.75) is 20.0 Å². The molecule has 0 bridgehead atoms. The number of methoxy groups -OCH3 is 1. The number of thiazole rings is 1. The van der Waals surface area contributed by atoms with Crippen molar-refractivity contribution in [1.29, 1.82) is 0 Å². The first-order valence-corrected chi connectivity index (χ1v) is 6.82. The number of hydrogen-bond donors (Lipinski definition) is 2. The Balaban J connectivity index is 1.91. The zero-order valence-electron chi connectivity index (χ0n) is 11.0. The molecule has 0 saturated heterocycles. The van der Waals surface area contributed by atoms with Gasteiger partial charge in [-0.15, -0.1) is 11.3 Å². The number of aromatic nitrogens is 3. The first-order valence-electron chi connectivity index (χ1n) is 5.94. The van der Waals surface area contributed by atoms with Gasteiger partial charge in [-0.25, -0.2) is 15.0 Å². The lowest BCUT2D eigenvalue weighted by atomic mass is 10.3. The topological polar surface area (TPSA) is 86.0 Å². The number of nitrogen functional groups attached to an aromatic ring is 1. The van der Waals surface area contributed by atoms with E-state index in [2.05, 4.69) is 25.6 Å². The van der Waals surface area contributed by atoms with Crippen LogP contribution in [-0.4, -0.2) is 28.6 Å². The summed E-state index contributed by atoms with van der Waals surface area (Å²) < 4.78 is 5.00. The lowest BCUT2D eigenvalue weighted by Gasteiger charge is -2.07. The summed E-state index contributed by atoms with van der Waals surface area (Å²) in [7, 11) is 1.60. The summed E-state index contributed by atoms with van der Waals surface area (Å²) in [5.41, 5.74) is 6.81. The summed E-state index contributed by atoms with van der Waals surface area (Å²) in [4.78, 5) is 12.8. The summed E-state index contributed by atoms with van der Waals surface area (Å²) in [5, 5.41) is 6.38. The average molecular weight is 279 g/mol. The van der Waals surface area contributed by atoms with Gasteiger partial charge in [0.1, 0.15) is 18.2 Å². The van der Waals surface area contributed by atoms with Crippen molar-refractivity contribution >= 4 is 23.0 Å². The zero-order valence-corrected chi connectivity index (χ0v) is 11.8. The van der Waals surface area contributed by atoms with E-state index >= 15 is 0 Å². The molecule has 0 amide bonds. The van der Waals surface area contributed by atoms with Gasteiger partial charge in [0.05, 0.1) is 10.7 Å². The van der Waals surface area contributed by atoms with Crippen LogP contribution in [-0.2, 0) is 17.8 Å². The molecule has 2 heterocycles. The van der Waals surface area contributed by atoms with E-state index in [1.54, 1.807) is 24.5 Å². The second-order valence-corrected chi connectivity index (χ2v) is 5.12. The van der Waals surface area contributed by atoms with Crippen LogP contribution >= 0.6 is 11.3 Å². The number of ether oxygens (including phenoxy) is 1. The van der Waals surface area contributed by atoms with Gasteiger partial charge < -0.3 is 15.8 Å². The van der Waals surface area contributed by atoms with E-state index < -0.39 is 0 Å². The maximum absolute atomic E-state index is 5.72. The molecule has 102 valence electrons. The van der Waals surface area contributed by atoms with Crippen LogP contribution in [0.25, 0.3) is 0 Å². The Bertz CT molecular complexity index is 543.